The third-order valence-corrected chi connectivity index (χ3v) is 4.50. The summed E-state index contributed by atoms with van der Waals surface area (Å²) in [7, 11) is 0. The van der Waals surface area contributed by atoms with E-state index in [1.807, 2.05) is 69.3 Å². The molecule has 0 aliphatic carbocycles. The highest BCUT2D eigenvalue weighted by Gasteiger charge is 2.30. The summed E-state index contributed by atoms with van der Waals surface area (Å²) in [5.74, 6) is -0.537. The molecule has 1 N–H and O–H groups in total. The zero-order valence-corrected chi connectivity index (χ0v) is 17.9. The second-order valence-electron chi connectivity index (χ2n) is 8.08. The number of hydrogen-bond acceptors (Lipinski definition) is 5. The van der Waals surface area contributed by atoms with E-state index in [9.17, 15) is 9.59 Å². The van der Waals surface area contributed by atoms with E-state index in [0.717, 1.165) is 11.1 Å². The summed E-state index contributed by atoms with van der Waals surface area (Å²) in [4.78, 5) is 37.7. The number of ether oxygens (including phenoxy) is 1. The van der Waals surface area contributed by atoms with Gasteiger partial charge in [0, 0.05) is 12.4 Å². The molecule has 3 rings (SSSR count). The number of carbonyl (C=O) groups is 2. The Bertz CT molecular complexity index is 982. The van der Waals surface area contributed by atoms with E-state index >= 15 is 0 Å². The molecule has 1 amide bonds. The Labute approximate surface area is 182 Å². The molecule has 0 aliphatic rings. The van der Waals surface area contributed by atoms with Gasteiger partial charge in [0.05, 0.1) is 5.69 Å². The highest BCUT2D eigenvalue weighted by Crippen LogP contribution is 2.28. The zero-order chi connectivity index (χ0) is 22.3. The summed E-state index contributed by atoms with van der Waals surface area (Å²) in [5.41, 5.74) is 1.63. The first kappa shape index (κ1) is 22.2. The molecule has 0 aliphatic heterocycles. The van der Waals surface area contributed by atoms with Crippen LogP contribution in [0.15, 0.2) is 67.0 Å². The number of aromatic nitrogens is 2. The Hall–Kier alpha value is -3.45. The van der Waals surface area contributed by atoms with Gasteiger partial charge in [-0.05, 0) is 44.4 Å². The van der Waals surface area contributed by atoms with Gasteiger partial charge in [0.1, 0.15) is 24.0 Å². The second kappa shape index (κ2) is 10.0. The van der Waals surface area contributed by atoms with E-state index in [1.165, 1.54) is 5.06 Å². The van der Waals surface area contributed by atoms with Crippen LogP contribution in [0.5, 0.6) is 0 Å². The van der Waals surface area contributed by atoms with E-state index in [2.05, 4.69) is 9.97 Å². The molecule has 162 valence electrons. The van der Waals surface area contributed by atoms with Crippen molar-refractivity contribution in [3.63, 3.8) is 0 Å². The Balaban J connectivity index is 1.84. The summed E-state index contributed by atoms with van der Waals surface area (Å²) in [6, 6.07) is 16.9. The fraction of sp³-hybridized carbons (Fsp3) is 0.292. The van der Waals surface area contributed by atoms with Crippen molar-refractivity contribution >= 4 is 18.1 Å². The summed E-state index contributed by atoms with van der Waals surface area (Å²) >= 11 is 0. The van der Waals surface area contributed by atoms with E-state index in [1.54, 1.807) is 18.5 Å². The normalized spacial score (nSPS) is 12.2. The SMILES string of the molecule is CC(C)(C)OC(=O)C(Cc1ccccc1N(C=O)OCc1ccccc1)c1ncc[nH]1. The van der Waals surface area contributed by atoms with Gasteiger partial charge in [0.2, 0.25) is 6.41 Å². The van der Waals surface area contributed by atoms with E-state index in [-0.39, 0.29) is 19.0 Å². The summed E-state index contributed by atoms with van der Waals surface area (Å²) in [5, 5.41) is 1.19. The number of H-pyrrole nitrogens is 1. The molecule has 1 atom stereocenters. The number of hydrogen-bond donors (Lipinski definition) is 1. The number of nitrogens with zero attached hydrogens (tertiary/aromatic N) is 2. The van der Waals surface area contributed by atoms with Gasteiger partial charge in [-0.25, -0.2) is 4.98 Å². The van der Waals surface area contributed by atoms with Crippen LogP contribution >= 0.6 is 0 Å². The van der Waals surface area contributed by atoms with Crippen LogP contribution in [-0.2, 0) is 32.2 Å². The molecule has 0 bridgehead atoms. The van der Waals surface area contributed by atoms with Crippen LogP contribution in [0, 0.1) is 0 Å². The summed E-state index contributed by atoms with van der Waals surface area (Å²) < 4.78 is 5.61. The smallest absolute Gasteiger partial charge is 0.317 e. The lowest BCUT2D eigenvalue weighted by Gasteiger charge is -2.25. The van der Waals surface area contributed by atoms with Gasteiger partial charge in [-0.1, -0.05) is 48.5 Å². The number of imidazole rings is 1. The van der Waals surface area contributed by atoms with Gasteiger partial charge in [0.15, 0.2) is 0 Å². The van der Waals surface area contributed by atoms with Crippen molar-refractivity contribution in [3.05, 3.63) is 83.9 Å². The monoisotopic (exact) mass is 421 g/mol. The fourth-order valence-electron chi connectivity index (χ4n) is 3.13. The average molecular weight is 421 g/mol. The van der Waals surface area contributed by atoms with Crippen molar-refractivity contribution in [2.45, 2.75) is 45.3 Å². The van der Waals surface area contributed by atoms with Gasteiger partial charge in [-0.15, -0.1) is 0 Å². The number of aromatic amines is 1. The third-order valence-electron chi connectivity index (χ3n) is 4.50. The fourth-order valence-corrected chi connectivity index (χ4v) is 3.13. The lowest BCUT2D eigenvalue weighted by Crippen LogP contribution is -2.30. The Kier molecular flexibility index (Phi) is 7.20. The number of carbonyl (C=O) groups excluding carboxylic acids is 2. The first-order valence-corrected chi connectivity index (χ1v) is 10.1. The molecule has 3 aromatic rings. The Morgan fingerprint density at radius 3 is 2.48 bits per heavy atom. The van der Waals surface area contributed by atoms with Crippen LogP contribution in [0.2, 0.25) is 0 Å². The minimum absolute atomic E-state index is 0.238. The number of rotatable bonds is 9. The molecular formula is C24H27N3O4. The van der Waals surface area contributed by atoms with Crippen molar-refractivity contribution in [3.8, 4) is 0 Å². The standard InChI is InChI=1S/C24H27N3O4/c1-24(2,3)31-23(29)20(22-25-13-14-26-22)15-19-11-7-8-12-21(19)27(17-28)30-16-18-9-5-4-6-10-18/h4-14,17,20H,15-16H2,1-3H3,(H,25,26). The van der Waals surface area contributed by atoms with E-state index in [4.69, 9.17) is 9.57 Å². The molecule has 0 spiro atoms. The van der Waals surface area contributed by atoms with Crippen LogP contribution in [0.3, 0.4) is 0 Å². The average Bonchev–Trinajstić information content (AvgIpc) is 3.27. The number of nitrogens with one attached hydrogen (secondary N) is 1. The lowest BCUT2D eigenvalue weighted by atomic mass is 9.97. The largest absolute Gasteiger partial charge is 0.459 e. The molecule has 31 heavy (non-hydrogen) atoms. The van der Waals surface area contributed by atoms with Crippen LogP contribution in [0.1, 0.15) is 43.6 Å². The molecular weight excluding hydrogens is 394 g/mol. The predicted octanol–water partition coefficient (Wildman–Crippen LogP) is 4.17. The van der Waals surface area contributed by atoms with Crippen molar-refractivity contribution in [2.24, 2.45) is 0 Å². The highest BCUT2D eigenvalue weighted by atomic mass is 16.7. The van der Waals surface area contributed by atoms with Gasteiger partial charge in [-0.3, -0.25) is 14.4 Å². The number of esters is 1. The van der Waals surface area contributed by atoms with E-state index in [0.29, 0.717) is 17.9 Å². The topological polar surface area (TPSA) is 84.5 Å². The molecule has 1 aromatic heterocycles. The minimum atomic E-state index is -0.655. The maximum absolute atomic E-state index is 12.9. The number of amides is 1. The summed E-state index contributed by atoms with van der Waals surface area (Å²) in [6.07, 6.45) is 4.17. The van der Waals surface area contributed by atoms with Crippen LogP contribution < -0.4 is 5.06 Å². The number of hydroxylamine groups is 1. The molecule has 2 aromatic carbocycles. The second-order valence-corrected chi connectivity index (χ2v) is 8.08. The van der Waals surface area contributed by atoms with Crippen molar-refractivity contribution < 1.29 is 19.2 Å². The predicted molar refractivity (Wildman–Crippen MR) is 117 cm³/mol. The van der Waals surface area contributed by atoms with E-state index < -0.39 is 11.5 Å². The molecule has 7 heteroatoms. The molecule has 0 radical (unpaired) electrons. The van der Waals surface area contributed by atoms with Gasteiger partial charge in [-0.2, -0.15) is 5.06 Å². The molecule has 7 nitrogen and oxygen atoms in total. The number of para-hydroxylation sites is 1. The van der Waals surface area contributed by atoms with Crippen LogP contribution in [0.25, 0.3) is 0 Å². The van der Waals surface area contributed by atoms with Crippen LogP contribution in [0.4, 0.5) is 5.69 Å². The van der Waals surface area contributed by atoms with Crippen molar-refractivity contribution in [1.82, 2.24) is 9.97 Å². The van der Waals surface area contributed by atoms with Crippen molar-refractivity contribution in [1.29, 1.82) is 0 Å². The van der Waals surface area contributed by atoms with Gasteiger partial charge in [0.25, 0.3) is 0 Å². The third kappa shape index (κ3) is 6.26. The maximum atomic E-state index is 12.9. The maximum Gasteiger partial charge on any atom is 0.317 e. The number of anilines is 1. The molecule has 1 unspecified atom stereocenters. The molecule has 0 saturated heterocycles. The molecule has 0 fully saturated rings. The van der Waals surface area contributed by atoms with Crippen molar-refractivity contribution in [2.75, 3.05) is 5.06 Å². The zero-order valence-electron chi connectivity index (χ0n) is 17.9. The lowest BCUT2D eigenvalue weighted by molar-refractivity contribution is -0.156. The highest BCUT2D eigenvalue weighted by molar-refractivity contribution is 5.79. The Morgan fingerprint density at radius 2 is 1.84 bits per heavy atom. The number of benzene rings is 2. The minimum Gasteiger partial charge on any atom is -0.459 e. The molecule has 1 heterocycles. The van der Waals surface area contributed by atoms with Gasteiger partial charge >= 0.3 is 5.97 Å². The Morgan fingerprint density at radius 1 is 1.13 bits per heavy atom. The first-order chi connectivity index (χ1) is 14.9. The molecule has 0 saturated carbocycles. The first-order valence-electron chi connectivity index (χ1n) is 10.1. The van der Waals surface area contributed by atoms with Crippen LogP contribution in [-0.4, -0.2) is 27.9 Å². The quantitative estimate of drug-likeness (QED) is 0.318. The van der Waals surface area contributed by atoms with Gasteiger partial charge < -0.3 is 9.72 Å². The summed E-state index contributed by atoms with van der Waals surface area (Å²) in [6.45, 7) is 5.71.